The number of aromatic nitrogens is 1. The molecule has 2 atom stereocenters. The largest absolute Gasteiger partial charge is 0.368 e. The molecule has 0 radical (unpaired) electrons. The van der Waals surface area contributed by atoms with Gasteiger partial charge in [-0.15, -0.1) is 0 Å². The maximum Gasteiger partial charge on any atom is 0.255 e. The topological polar surface area (TPSA) is 129 Å². The lowest BCUT2D eigenvalue weighted by atomic mass is 9.79. The number of nitrogens with zero attached hydrogens (tertiary/aromatic N) is 4. The molecule has 3 N–H and O–H groups in total. The second-order valence-electron chi connectivity index (χ2n) is 11.6. The van der Waals surface area contributed by atoms with E-state index in [0.29, 0.717) is 36.3 Å². The molecule has 3 aromatic carbocycles. The number of carbonyl (C=O) groups is 4. The van der Waals surface area contributed by atoms with Crippen molar-refractivity contribution in [3.63, 3.8) is 0 Å². The first-order valence-corrected chi connectivity index (χ1v) is 15.2. The van der Waals surface area contributed by atoms with Crippen molar-refractivity contribution in [3.05, 3.63) is 137 Å². The van der Waals surface area contributed by atoms with E-state index < -0.39 is 17.9 Å². The number of amides is 4. The Bertz CT molecular complexity index is 1680. The minimum Gasteiger partial charge on any atom is -0.368 e. The van der Waals surface area contributed by atoms with Crippen molar-refractivity contribution < 1.29 is 19.2 Å². The van der Waals surface area contributed by atoms with E-state index in [1.54, 1.807) is 53.7 Å². The molecule has 1 aromatic heterocycles. The number of pyridine rings is 1. The first kappa shape index (κ1) is 32.1. The summed E-state index contributed by atoms with van der Waals surface area (Å²) in [6.45, 7) is 1.25. The highest BCUT2D eigenvalue weighted by Gasteiger charge is 2.44. The van der Waals surface area contributed by atoms with Crippen molar-refractivity contribution in [2.75, 3.05) is 33.7 Å². The molecule has 10 nitrogen and oxygen atoms in total. The maximum absolute atomic E-state index is 14.1. The van der Waals surface area contributed by atoms with E-state index in [2.05, 4.69) is 10.3 Å². The Balaban J connectivity index is 1.45. The molecular formula is C36H38N6O4. The zero-order valence-corrected chi connectivity index (χ0v) is 26.0. The van der Waals surface area contributed by atoms with E-state index >= 15 is 0 Å². The fraction of sp³-hybridized carbons (Fsp3) is 0.250. The third-order valence-corrected chi connectivity index (χ3v) is 8.06. The predicted molar refractivity (Wildman–Crippen MR) is 174 cm³/mol. The predicted octanol–water partition coefficient (Wildman–Crippen LogP) is 3.37. The lowest BCUT2D eigenvalue weighted by Crippen LogP contribution is -2.47. The van der Waals surface area contributed by atoms with E-state index in [1.165, 1.54) is 4.90 Å². The van der Waals surface area contributed by atoms with Crippen molar-refractivity contribution in [2.24, 2.45) is 5.73 Å². The number of hydrogen-bond acceptors (Lipinski definition) is 6. The molecule has 46 heavy (non-hydrogen) atoms. The van der Waals surface area contributed by atoms with Crippen LogP contribution >= 0.6 is 0 Å². The van der Waals surface area contributed by atoms with Gasteiger partial charge in [-0.1, -0.05) is 66.7 Å². The molecule has 10 heteroatoms. The van der Waals surface area contributed by atoms with Crippen LogP contribution in [-0.2, 0) is 22.7 Å². The van der Waals surface area contributed by atoms with Crippen LogP contribution in [-0.4, -0.2) is 77.0 Å². The normalized spacial score (nSPS) is 15.7. The van der Waals surface area contributed by atoms with Gasteiger partial charge in [0.15, 0.2) is 0 Å². The molecular weight excluding hydrogens is 580 g/mol. The first-order valence-electron chi connectivity index (χ1n) is 15.2. The molecule has 1 aliphatic heterocycles. The SMILES string of the molecule is CN(C)CCN(CC(N)=O)C(=O)c1ccc(CN2C(=O)c3ccccc3C(C(=O)NCc3cccnc3)C2c2ccccc2)cc1. The summed E-state index contributed by atoms with van der Waals surface area (Å²) in [7, 11) is 3.78. The van der Waals surface area contributed by atoms with Gasteiger partial charge >= 0.3 is 0 Å². The Kier molecular flexibility index (Phi) is 10.2. The number of fused-ring (bicyclic) bond motifs is 1. The highest BCUT2D eigenvalue weighted by atomic mass is 16.2. The summed E-state index contributed by atoms with van der Waals surface area (Å²) in [6, 6.07) is 27.0. The molecule has 0 fully saturated rings. The minimum absolute atomic E-state index is 0.181. The van der Waals surface area contributed by atoms with Gasteiger partial charge in [-0.2, -0.15) is 0 Å². The summed E-state index contributed by atoms with van der Waals surface area (Å²) in [5, 5.41) is 3.07. The number of rotatable bonds is 12. The first-order chi connectivity index (χ1) is 22.2. The average Bonchev–Trinajstić information content (AvgIpc) is 3.07. The molecule has 5 rings (SSSR count). The molecule has 0 aliphatic carbocycles. The van der Waals surface area contributed by atoms with Crippen LogP contribution in [0.4, 0.5) is 0 Å². The lowest BCUT2D eigenvalue weighted by Gasteiger charge is -2.42. The van der Waals surface area contributed by atoms with Crippen LogP contribution in [0.1, 0.15) is 54.9 Å². The second kappa shape index (κ2) is 14.6. The van der Waals surface area contributed by atoms with Gasteiger partial charge < -0.3 is 25.8 Å². The third-order valence-electron chi connectivity index (χ3n) is 8.06. The van der Waals surface area contributed by atoms with Crippen LogP contribution in [0.25, 0.3) is 0 Å². The standard InChI is InChI=1S/C36H38N6O4/c1-40(2)19-20-41(24-31(37)43)35(45)28-16-14-25(15-17-28)23-42-33(27-10-4-3-5-11-27)32(29-12-6-7-13-30(29)36(42)46)34(44)39-22-26-9-8-18-38-21-26/h3-18,21,32-33H,19-20,22-24H2,1-2H3,(H2,37,43)(H,39,44). The summed E-state index contributed by atoms with van der Waals surface area (Å²) >= 11 is 0. The Morgan fingerprint density at radius 1 is 0.870 bits per heavy atom. The van der Waals surface area contributed by atoms with Crippen molar-refractivity contribution in [2.45, 2.75) is 25.0 Å². The number of likely N-dealkylation sites (N-methyl/N-ethyl adjacent to an activating group) is 1. The highest BCUT2D eigenvalue weighted by molar-refractivity contribution is 6.01. The van der Waals surface area contributed by atoms with Gasteiger partial charge in [0.05, 0.1) is 18.5 Å². The van der Waals surface area contributed by atoms with Crippen LogP contribution in [0.3, 0.4) is 0 Å². The maximum atomic E-state index is 14.1. The summed E-state index contributed by atoms with van der Waals surface area (Å²) in [6.07, 6.45) is 3.39. The number of nitrogens with one attached hydrogen (secondary N) is 1. The van der Waals surface area contributed by atoms with Gasteiger partial charge in [-0.3, -0.25) is 24.2 Å². The van der Waals surface area contributed by atoms with Crippen LogP contribution in [0.2, 0.25) is 0 Å². The van der Waals surface area contributed by atoms with Crippen molar-refractivity contribution in [1.82, 2.24) is 25.0 Å². The van der Waals surface area contributed by atoms with E-state index in [1.807, 2.05) is 73.6 Å². The fourth-order valence-corrected chi connectivity index (χ4v) is 5.77. The zero-order chi connectivity index (χ0) is 32.6. The molecule has 236 valence electrons. The quantitative estimate of drug-likeness (QED) is 0.251. The molecule has 2 unspecified atom stereocenters. The Morgan fingerprint density at radius 3 is 2.26 bits per heavy atom. The molecule has 0 bridgehead atoms. The molecule has 2 heterocycles. The molecule has 0 saturated heterocycles. The fourth-order valence-electron chi connectivity index (χ4n) is 5.77. The number of hydrogen-bond donors (Lipinski definition) is 2. The van der Waals surface area contributed by atoms with E-state index in [4.69, 9.17) is 5.73 Å². The molecule has 4 amide bonds. The number of nitrogens with two attached hydrogens (primary N) is 1. The smallest absolute Gasteiger partial charge is 0.255 e. The van der Waals surface area contributed by atoms with E-state index in [0.717, 1.165) is 16.7 Å². The van der Waals surface area contributed by atoms with E-state index in [-0.39, 0.29) is 30.8 Å². The minimum atomic E-state index is -0.673. The average molecular weight is 619 g/mol. The van der Waals surface area contributed by atoms with Gasteiger partial charge in [0.2, 0.25) is 11.8 Å². The van der Waals surface area contributed by atoms with Crippen molar-refractivity contribution in [3.8, 4) is 0 Å². The highest BCUT2D eigenvalue weighted by Crippen LogP contribution is 2.43. The van der Waals surface area contributed by atoms with Gasteiger partial charge in [0, 0.05) is 49.7 Å². The Labute approximate surface area is 268 Å². The molecule has 4 aromatic rings. The summed E-state index contributed by atoms with van der Waals surface area (Å²) < 4.78 is 0. The lowest BCUT2D eigenvalue weighted by molar-refractivity contribution is -0.124. The Morgan fingerprint density at radius 2 is 1.59 bits per heavy atom. The van der Waals surface area contributed by atoms with Crippen LogP contribution in [0, 0.1) is 0 Å². The molecule has 0 saturated carbocycles. The van der Waals surface area contributed by atoms with Crippen LogP contribution in [0.15, 0.2) is 103 Å². The Hall–Kier alpha value is -5.35. The van der Waals surface area contributed by atoms with Crippen molar-refractivity contribution >= 4 is 23.6 Å². The number of carbonyl (C=O) groups excluding carboxylic acids is 4. The summed E-state index contributed by atoms with van der Waals surface area (Å²) in [5.74, 6) is -1.94. The van der Waals surface area contributed by atoms with Crippen LogP contribution < -0.4 is 11.1 Å². The molecule has 1 aliphatic rings. The molecule has 0 spiro atoms. The van der Waals surface area contributed by atoms with Gasteiger partial charge in [-0.05, 0) is 60.6 Å². The van der Waals surface area contributed by atoms with Crippen LogP contribution in [0.5, 0.6) is 0 Å². The van der Waals surface area contributed by atoms with Crippen molar-refractivity contribution in [1.29, 1.82) is 0 Å². The van der Waals surface area contributed by atoms with Gasteiger partial charge in [-0.25, -0.2) is 0 Å². The zero-order valence-electron chi connectivity index (χ0n) is 26.0. The van der Waals surface area contributed by atoms with Gasteiger partial charge in [0.1, 0.15) is 0 Å². The monoisotopic (exact) mass is 618 g/mol. The summed E-state index contributed by atoms with van der Waals surface area (Å²) in [5.41, 5.74) is 9.47. The third kappa shape index (κ3) is 7.47. The number of benzene rings is 3. The second-order valence-corrected chi connectivity index (χ2v) is 11.6. The summed E-state index contributed by atoms with van der Waals surface area (Å²) in [4.78, 5) is 62.3. The van der Waals surface area contributed by atoms with E-state index in [9.17, 15) is 19.2 Å². The number of primary amides is 1. The van der Waals surface area contributed by atoms with Gasteiger partial charge in [0.25, 0.3) is 11.8 Å².